The normalized spacial score (nSPS) is 18.6. The van der Waals surface area contributed by atoms with Gasteiger partial charge in [0.15, 0.2) is 6.10 Å². The fourth-order valence-corrected chi connectivity index (χ4v) is 3.80. The van der Waals surface area contributed by atoms with E-state index in [1.165, 1.54) is 5.01 Å². The topological polar surface area (TPSA) is 110 Å². The van der Waals surface area contributed by atoms with Crippen LogP contribution in [0.25, 0.3) is 0 Å². The van der Waals surface area contributed by atoms with Crippen LogP contribution in [0.1, 0.15) is 65.0 Å². The molecule has 0 bridgehead atoms. The zero-order chi connectivity index (χ0) is 22.5. The predicted molar refractivity (Wildman–Crippen MR) is 112 cm³/mol. The van der Waals surface area contributed by atoms with E-state index in [2.05, 4.69) is 5.32 Å². The van der Waals surface area contributed by atoms with Gasteiger partial charge in [-0.25, -0.2) is 14.8 Å². The highest BCUT2D eigenvalue weighted by Gasteiger charge is 2.45. The Balaban J connectivity index is 2.23. The van der Waals surface area contributed by atoms with Gasteiger partial charge in [-0.2, -0.15) is 0 Å². The third-order valence-electron chi connectivity index (χ3n) is 5.41. The maximum Gasteiger partial charge on any atom is 0.426 e. The van der Waals surface area contributed by atoms with Gasteiger partial charge in [-0.05, 0) is 24.3 Å². The minimum absolute atomic E-state index is 0.213. The number of nitrogens with zero attached hydrogens (tertiary/aromatic N) is 2. The molecule has 0 saturated carbocycles. The molecule has 0 aliphatic carbocycles. The molecule has 8 nitrogen and oxygen atoms in total. The standard InChI is InChI=1S/C22H33N3O5/c1-5-6-12-17(25(21(29)30)24-14-22(3,4)13-18(24)26)19(27)20(28)23-15(2)16-10-8-7-9-11-16/h7-11,15,17,19,27H,5-6,12-14H2,1-4H3,(H,23,28)(H,29,30)/t15-,17?,19?/m1/s1. The summed E-state index contributed by atoms with van der Waals surface area (Å²) < 4.78 is 0. The van der Waals surface area contributed by atoms with Crippen molar-refractivity contribution in [3.05, 3.63) is 35.9 Å². The number of carbonyl (C=O) groups excluding carboxylic acids is 2. The number of benzene rings is 1. The van der Waals surface area contributed by atoms with Crippen LogP contribution in [-0.2, 0) is 9.59 Å². The third-order valence-corrected chi connectivity index (χ3v) is 5.41. The lowest BCUT2D eigenvalue weighted by Crippen LogP contribution is -2.59. The van der Waals surface area contributed by atoms with E-state index in [-0.39, 0.29) is 36.8 Å². The molecule has 1 saturated heterocycles. The van der Waals surface area contributed by atoms with Gasteiger partial charge in [-0.3, -0.25) is 9.59 Å². The molecular formula is C22H33N3O5. The average molecular weight is 420 g/mol. The molecule has 3 atom stereocenters. The molecule has 1 fully saturated rings. The van der Waals surface area contributed by atoms with Crippen LogP contribution in [0.5, 0.6) is 0 Å². The zero-order valence-electron chi connectivity index (χ0n) is 18.2. The number of aliphatic hydroxyl groups excluding tert-OH is 1. The predicted octanol–water partition coefficient (Wildman–Crippen LogP) is 2.94. The summed E-state index contributed by atoms with van der Waals surface area (Å²) in [6.07, 6.45) is -1.11. The van der Waals surface area contributed by atoms with Crippen molar-refractivity contribution in [3.63, 3.8) is 0 Å². The summed E-state index contributed by atoms with van der Waals surface area (Å²) in [6.45, 7) is 7.72. The molecular weight excluding hydrogens is 386 g/mol. The highest BCUT2D eigenvalue weighted by molar-refractivity contribution is 5.84. The van der Waals surface area contributed by atoms with Crippen molar-refractivity contribution in [1.29, 1.82) is 0 Å². The number of aliphatic hydroxyl groups is 1. The molecule has 3 amide bonds. The van der Waals surface area contributed by atoms with Crippen LogP contribution >= 0.6 is 0 Å². The van der Waals surface area contributed by atoms with E-state index in [1.807, 2.05) is 51.1 Å². The first-order valence-electron chi connectivity index (χ1n) is 10.4. The van der Waals surface area contributed by atoms with Gasteiger partial charge in [0.05, 0.1) is 12.1 Å². The first kappa shape index (κ1) is 23.7. The summed E-state index contributed by atoms with van der Waals surface area (Å²) in [7, 11) is 0. The summed E-state index contributed by atoms with van der Waals surface area (Å²) in [6, 6.07) is 7.89. The largest absolute Gasteiger partial charge is 0.464 e. The molecule has 8 heteroatoms. The van der Waals surface area contributed by atoms with Crippen molar-refractivity contribution in [1.82, 2.24) is 15.3 Å². The Morgan fingerprint density at radius 1 is 1.27 bits per heavy atom. The number of unbranched alkanes of at least 4 members (excludes halogenated alkanes) is 1. The number of hydrogen-bond acceptors (Lipinski definition) is 4. The van der Waals surface area contributed by atoms with E-state index in [0.29, 0.717) is 6.42 Å². The lowest BCUT2D eigenvalue weighted by molar-refractivity contribution is -0.153. The molecule has 1 aromatic carbocycles. The minimum atomic E-state index is -1.60. The first-order valence-corrected chi connectivity index (χ1v) is 10.4. The summed E-state index contributed by atoms with van der Waals surface area (Å²) in [5.74, 6) is -0.987. The van der Waals surface area contributed by atoms with E-state index in [1.54, 1.807) is 6.92 Å². The molecule has 0 spiro atoms. The van der Waals surface area contributed by atoms with E-state index < -0.39 is 24.1 Å². The fraction of sp³-hybridized carbons (Fsp3) is 0.591. The molecule has 1 aliphatic heterocycles. The van der Waals surface area contributed by atoms with Gasteiger partial charge in [0.2, 0.25) is 5.91 Å². The van der Waals surface area contributed by atoms with Crippen molar-refractivity contribution in [2.75, 3.05) is 6.54 Å². The quantitative estimate of drug-likeness (QED) is 0.570. The Hall–Kier alpha value is -2.61. The maximum atomic E-state index is 12.8. The summed E-state index contributed by atoms with van der Waals surface area (Å²) in [4.78, 5) is 37.4. The number of amides is 3. The molecule has 30 heavy (non-hydrogen) atoms. The van der Waals surface area contributed by atoms with Crippen molar-refractivity contribution in [2.45, 2.75) is 71.6 Å². The number of hydrazine groups is 1. The van der Waals surface area contributed by atoms with Crippen molar-refractivity contribution >= 4 is 17.9 Å². The highest BCUT2D eigenvalue weighted by Crippen LogP contribution is 2.33. The Morgan fingerprint density at radius 3 is 2.40 bits per heavy atom. The second-order valence-electron chi connectivity index (χ2n) is 8.71. The van der Waals surface area contributed by atoms with Gasteiger partial charge in [-0.1, -0.05) is 63.9 Å². The van der Waals surface area contributed by atoms with Crippen LogP contribution in [0, 0.1) is 5.41 Å². The Bertz CT molecular complexity index is 752. The molecule has 0 radical (unpaired) electrons. The summed E-state index contributed by atoms with van der Waals surface area (Å²) >= 11 is 0. The van der Waals surface area contributed by atoms with Gasteiger partial charge in [0, 0.05) is 13.0 Å². The van der Waals surface area contributed by atoms with Crippen molar-refractivity contribution in [2.24, 2.45) is 5.41 Å². The van der Waals surface area contributed by atoms with E-state index in [0.717, 1.165) is 17.0 Å². The van der Waals surface area contributed by atoms with Gasteiger partial charge in [0.25, 0.3) is 5.91 Å². The van der Waals surface area contributed by atoms with Crippen LogP contribution in [-0.4, -0.2) is 56.8 Å². The number of hydrogen-bond donors (Lipinski definition) is 3. The minimum Gasteiger partial charge on any atom is -0.464 e. The fourth-order valence-electron chi connectivity index (χ4n) is 3.80. The maximum absolute atomic E-state index is 12.8. The molecule has 2 rings (SSSR count). The van der Waals surface area contributed by atoms with Crippen LogP contribution in [0.15, 0.2) is 30.3 Å². The molecule has 166 valence electrons. The summed E-state index contributed by atoms with van der Waals surface area (Å²) in [5, 5.41) is 25.5. The highest BCUT2D eigenvalue weighted by atomic mass is 16.4. The monoisotopic (exact) mass is 419 g/mol. The molecule has 1 aromatic rings. The SMILES string of the molecule is CCCCC(C(O)C(=O)N[C@H](C)c1ccccc1)N(C(=O)O)N1CC(C)(C)CC1=O. The molecule has 1 heterocycles. The van der Waals surface area contributed by atoms with E-state index in [9.17, 15) is 24.6 Å². The van der Waals surface area contributed by atoms with Gasteiger partial charge in [-0.15, -0.1) is 0 Å². The Kier molecular flexibility index (Phi) is 7.83. The van der Waals surface area contributed by atoms with Crippen LogP contribution < -0.4 is 5.32 Å². The van der Waals surface area contributed by atoms with Crippen molar-refractivity contribution < 1.29 is 24.6 Å². The first-order chi connectivity index (χ1) is 14.1. The van der Waals surface area contributed by atoms with Gasteiger partial charge in [0.1, 0.15) is 0 Å². The number of nitrogens with one attached hydrogen (secondary N) is 1. The van der Waals surface area contributed by atoms with Gasteiger partial charge >= 0.3 is 6.09 Å². The Morgan fingerprint density at radius 2 is 1.90 bits per heavy atom. The summed E-state index contributed by atoms with van der Waals surface area (Å²) in [5.41, 5.74) is 0.490. The molecule has 1 aliphatic rings. The van der Waals surface area contributed by atoms with Crippen LogP contribution in [0.2, 0.25) is 0 Å². The van der Waals surface area contributed by atoms with Gasteiger partial charge < -0.3 is 15.5 Å². The number of carboxylic acid groups (broad SMARTS) is 1. The third kappa shape index (κ3) is 5.72. The lowest BCUT2D eigenvalue weighted by atomic mass is 9.93. The van der Waals surface area contributed by atoms with E-state index in [4.69, 9.17) is 0 Å². The second-order valence-corrected chi connectivity index (χ2v) is 8.71. The van der Waals surface area contributed by atoms with E-state index >= 15 is 0 Å². The average Bonchev–Trinajstić information content (AvgIpc) is 2.96. The van der Waals surface area contributed by atoms with Crippen LogP contribution in [0.4, 0.5) is 4.79 Å². The smallest absolute Gasteiger partial charge is 0.426 e. The molecule has 2 unspecified atom stereocenters. The van der Waals surface area contributed by atoms with Crippen molar-refractivity contribution in [3.8, 4) is 0 Å². The number of rotatable bonds is 9. The Labute approximate surface area is 177 Å². The lowest BCUT2D eigenvalue weighted by Gasteiger charge is -2.38. The number of carbonyl (C=O) groups is 3. The second kappa shape index (κ2) is 9.93. The molecule has 0 aromatic heterocycles. The zero-order valence-corrected chi connectivity index (χ0v) is 18.2. The van der Waals surface area contributed by atoms with Crippen LogP contribution in [0.3, 0.4) is 0 Å². The molecule has 3 N–H and O–H groups in total.